The molecule has 0 spiro atoms. The van der Waals surface area contributed by atoms with E-state index in [0.29, 0.717) is 15.9 Å². The van der Waals surface area contributed by atoms with Gasteiger partial charge in [0, 0.05) is 11.2 Å². The van der Waals surface area contributed by atoms with Crippen LogP contribution in [0.25, 0.3) is 5.65 Å². The molecule has 0 aliphatic rings. The Labute approximate surface area is 157 Å². The summed E-state index contributed by atoms with van der Waals surface area (Å²) in [6.07, 6.45) is 1.84. The maximum Gasteiger partial charge on any atom is 0.237 e. The van der Waals surface area contributed by atoms with Crippen molar-refractivity contribution >= 4 is 63.8 Å². The average Bonchev–Trinajstić information content (AvgIpc) is 2.94. The lowest BCUT2D eigenvalue weighted by molar-refractivity contribution is -0.115. The van der Waals surface area contributed by atoms with Crippen LogP contribution in [0, 0.1) is 0 Å². The van der Waals surface area contributed by atoms with Crippen molar-refractivity contribution in [1.82, 2.24) is 14.6 Å². The normalized spacial score (nSPS) is 12.3. The summed E-state index contributed by atoms with van der Waals surface area (Å²) in [5.41, 5.74) is 1.06. The summed E-state index contributed by atoms with van der Waals surface area (Å²) >= 11 is 19.3. The van der Waals surface area contributed by atoms with Crippen LogP contribution < -0.4 is 5.32 Å². The first-order chi connectivity index (χ1) is 11.5. The summed E-state index contributed by atoms with van der Waals surface area (Å²) in [7, 11) is 0. The number of nitrogens with one attached hydrogen (secondary N) is 1. The molecule has 1 N–H and O–H groups in total. The number of fused-ring (bicyclic) bond motifs is 1. The van der Waals surface area contributed by atoms with Crippen molar-refractivity contribution in [3.63, 3.8) is 0 Å². The number of nitrogens with zero attached hydrogens (tertiary/aromatic N) is 3. The van der Waals surface area contributed by atoms with Crippen molar-refractivity contribution in [3.8, 4) is 0 Å². The Bertz CT molecular complexity index is 892. The number of hydrogen-bond donors (Lipinski definition) is 1. The van der Waals surface area contributed by atoms with Crippen LogP contribution >= 0.6 is 46.6 Å². The quantitative estimate of drug-likeness (QED) is 0.637. The largest absolute Gasteiger partial charge is 0.323 e. The molecule has 1 amide bonds. The molecule has 0 fully saturated rings. The summed E-state index contributed by atoms with van der Waals surface area (Å²) in [5.74, 6) is -0.251. The van der Waals surface area contributed by atoms with Crippen LogP contribution in [0.15, 0.2) is 41.7 Å². The summed E-state index contributed by atoms with van der Waals surface area (Å²) < 4.78 is 1.82. The zero-order valence-electron chi connectivity index (χ0n) is 12.3. The third kappa shape index (κ3) is 3.62. The second-order valence-electron chi connectivity index (χ2n) is 4.91. The third-order valence-electron chi connectivity index (χ3n) is 3.19. The highest BCUT2D eigenvalue weighted by atomic mass is 35.5. The minimum Gasteiger partial charge on any atom is -0.323 e. The van der Waals surface area contributed by atoms with Crippen molar-refractivity contribution in [1.29, 1.82) is 0 Å². The fraction of sp³-hybridized carbons (Fsp3) is 0.133. The van der Waals surface area contributed by atoms with Gasteiger partial charge < -0.3 is 5.32 Å². The molecule has 0 saturated heterocycles. The van der Waals surface area contributed by atoms with Crippen LogP contribution in [0.5, 0.6) is 0 Å². The molecule has 1 atom stereocenters. The summed E-state index contributed by atoms with van der Waals surface area (Å²) in [5, 5.41) is 12.0. The molecule has 124 valence electrons. The maximum absolute atomic E-state index is 12.4. The van der Waals surface area contributed by atoms with E-state index in [-0.39, 0.29) is 16.0 Å². The van der Waals surface area contributed by atoms with Gasteiger partial charge in [0.05, 0.1) is 21.0 Å². The molecule has 3 rings (SSSR count). The standard InChI is InChI=1S/C15H11Cl3N4OS/c1-8(24-15-21-20-12-4-2-3-5-22(12)15)14(23)19-13-10(17)6-9(16)7-11(13)18/h2-8H,1H3,(H,19,23)/t8-/m1/s1. The van der Waals surface area contributed by atoms with Crippen LogP contribution in [0.4, 0.5) is 5.69 Å². The number of rotatable bonds is 4. The number of carbonyl (C=O) groups is 1. The summed E-state index contributed by atoms with van der Waals surface area (Å²) in [6.45, 7) is 1.77. The monoisotopic (exact) mass is 400 g/mol. The van der Waals surface area contributed by atoms with E-state index in [0.717, 1.165) is 5.65 Å². The first-order valence-electron chi connectivity index (χ1n) is 6.87. The first-order valence-corrected chi connectivity index (χ1v) is 8.89. The second kappa shape index (κ2) is 7.19. The zero-order valence-corrected chi connectivity index (χ0v) is 15.4. The number of hydrogen-bond acceptors (Lipinski definition) is 4. The van der Waals surface area contributed by atoms with Crippen LogP contribution in [-0.2, 0) is 4.79 Å². The van der Waals surface area contributed by atoms with Gasteiger partial charge in [0.1, 0.15) is 0 Å². The topological polar surface area (TPSA) is 59.3 Å². The molecule has 0 bridgehead atoms. The predicted molar refractivity (Wildman–Crippen MR) is 98.4 cm³/mol. The molecular weight excluding hydrogens is 391 g/mol. The van der Waals surface area contributed by atoms with E-state index in [1.54, 1.807) is 6.92 Å². The van der Waals surface area contributed by atoms with Crippen molar-refractivity contribution in [3.05, 3.63) is 51.6 Å². The Morgan fingerprint density at radius 2 is 1.92 bits per heavy atom. The highest BCUT2D eigenvalue weighted by Gasteiger charge is 2.20. The molecule has 9 heteroatoms. The third-order valence-corrected chi connectivity index (χ3v) is 5.06. The van der Waals surface area contributed by atoms with Crippen molar-refractivity contribution < 1.29 is 4.79 Å². The van der Waals surface area contributed by atoms with E-state index < -0.39 is 5.25 Å². The molecule has 3 aromatic rings. The molecule has 0 unspecified atom stereocenters. The molecule has 5 nitrogen and oxygen atoms in total. The van der Waals surface area contributed by atoms with Gasteiger partial charge in [-0.3, -0.25) is 9.20 Å². The number of pyridine rings is 1. The van der Waals surface area contributed by atoms with Gasteiger partial charge in [-0.25, -0.2) is 0 Å². The van der Waals surface area contributed by atoms with Gasteiger partial charge >= 0.3 is 0 Å². The highest BCUT2D eigenvalue weighted by Crippen LogP contribution is 2.34. The predicted octanol–water partition coefficient (Wildman–Crippen LogP) is 4.81. The lowest BCUT2D eigenvalue weighted by atomic mass is 10.3. The molecule has 24 heavy (non-hydrogen) atoms. The Morgan fingerprint density at radius 1 is 1.21 bits per heavy atom. The average molecular weight is 402 g/mol. The number of halogens is 3. The minimum absolute atomic E-state index is 0.251. The van der Waals surface area contributed by atoms with E-state index >= 15 is 0 Å². The Morgan fingerprint density at radius 3 is 2.62 bits per heavy atom. The Hall–Kier alpha value is -1.47. The van der Waals surface area contributed by atoms with Gasteiger partial charge in [-0.15, -0.1) is 10.2 Å². The van der Waals surface area contributed by atoms with Gasteiger partial charge in [-0.1, -0.05) is 52.6 Å². The highest BCUT2D eigenvalue weighted by molar-refractivity contribution is 8.00. The van der Waals surface area contributed by atoms with E-state index in [9.17, 15) is 4.79 Å². The fourth-order valence-electron chi connectivity index (χ4n) is 2.00. The summed E-state index contributed by atoms with van der Waals surface area (Å²) in [4.78, 5) is 12.4. The summed E-state index contributed by atoms with van der Waals surface area (Å²) in [6, 6.07) is 8.63. The number of amides is 1. The van der Waals surface area contributed by atoms with Gasteiger partial charge in [0.15, 0.2) is 10.8 Å². The number of benzene rings is 1. The van der Waals surface area contributed by atoms with Crippen molar-refractivity contribution in [2.45, 2.75) is 17.3 Å². The number of aromatic nitrogens is 3. The van der Waals surface area contributed by atoms with Crippen LogP contribution in [0.1, 0.15) is 6.92 Å². The maximum atomic E-state index is 12.4. The SMILES string of the molecule is C[C@@H](Sc1nnc2ccccn12)C(=O)Nc1c(Cl)cc(Cl)cc1Cl. The second-order valence-corrected chi connectivity index (χ2v) is 7.46. The minimum atomic E-state index is -0.430. The molecule has 0 aliphatic heterocycles. The molecule has 1 aromatic carbocycles. The molecule has 2 heterocycles. The van der Waals surface area contributed by atoms with Crippen molar-refractivity contribution in [2.75, 3.05) is 5.32 Å². The van der Waals surface area contributed by atoms with Gasteiger partial charge in [-0.2, -0.15) is 0 Å². The van der Waals surface area contributed by atoms with E-state index in [2.05, 4.69) is 15.5 Å². The van der Waals surface area contributed by atoms with E-state index in [1.165, 1.54) is 23.9 Å². The number of carbonyl (C=O) groups excluding carboxylic acids is 1. The Balaban J connectivity index is 1.76. The Kier molecular flexibility index (Phi) is 5.20. The smallest absolute Gasteiger partial charge is 0.237 e. The lowest BCUT2D eigenvalue weighted by Crippen LogP contribution is -2.23. The fourth-order valence-corrected chi connectivity index (χ4v) is 3.75. The van der Waals surface area contributed by atoms with Gasteiger partial charge in [-0.05, 0) is 31.2 Å². The van der Waals surface area contributed by atoms with Crippen molar-refractivity contribution in [2.24, 2.45) is 0 Å². The molecule has 0 saturated carbocycles. The zero-order chi connectivity index (χ0) is 17.3. The van der Waals surface area contributed by atoms with E-state index in [4.69, 9.17) is 34.8 Å². The number of thioether (sulfide) groups is 1. The van der Waals surface area contributed by atoms with Crippen LogP contribution in [0.3, 0.4) is 0 Å². The van der Waals surface area contributed by atoms with Gasteiger partial charge in [0.2, 0.25) is 5.91 Å². The molecule has 0 aliphatic carbocycles. The molecule has 2 aromatic heterocycles. The molecular formula is C15H11Cl3N4OS. The lowest BCUT2D eigenvalue weighted by Gasteiger charge is -2.13. The van der Waals surface area contributed by atoms with Crippen LogP contribution in [-0.4, -0.2) is 25.8 Å². The molecule has 0 radical (unpaired) electrons. The van der Waals surface area contributed by atoms with Gasteiger partial charge in [0.25, 0.3) is 0 Å². The first kappa shape index (κ1) is 17.4. The number of anilines is 1. The van der Waals surface area contributed by atoms with Crippen LogP contribution in [0.2, 0.25) is 15.1 Å². The van der Waals surface area contributed by atoms with E-state index in [1.807, 2.05) is 28.8 Å².